The highest BCUT2D eigenvalue weighted by atomic mass is 16.6. The lowest BCUT2D eigenvalue weighted by atomic mass is 10.1. The lowest BCUT2D eigenvalue weighted by molar-refractivity contribution is -0.386. The number of benzene rings is 1. The molecular formula is C17H12N4O7. The van der Waals surface area contributed by atoms with Crippen molar-refractivity contribution in [2.75, 3.05) is 0 Å². The zero-order valence-electron chi connectivity index (χ0n) is 14.3. The third-order valence-corrected chi connectivity index (χ3v) is 3.86. The summed E-state index contributed by atoms with van der Waals surface area (Å²) in [7, 11) is 0. The first-order valence-electron chi connectivity index (χ1n) is 7.80. The molecule has 11 heteroatoms. The minimum atomic E-state index is -1.12. The molecule has 0 unspecified atom stereocenters. The molecule has 3 rings (SSSR count). The lowest BCUT2D eigenvalue weighted by Crippen LogP contribution is -2.25. The Morgan fingerprint density at radius 3 is 2.43 bits per heavy atom. The molecule has 142 valence electrons. The van der Waals surface area contributed by atoms with Crippen LogP contribution in [0.3, 0.4) is 0 Å². The van der Waals surface area contributed by atoms with Crippen LogP contribution in [0, 0.1) is 27.2 Å². The summed E-state index contributed by atoms with van der Waals surface area (Å²) in [6, 6.07) is 7.74. The Balaban J connectivity index is 1.96. The molecule has 0 aliphatic rings. The van der Waals surface area contributed by atoms with Crippen LogP contribution >= 0.6 is 0 Å². The zero-order valence-corrected chi connectivity index (χ0v) is 14.3. The number of nitrogens with zero attached hydrogens (tertiary/aromatic N) is 2. The highest BCUT2D eigenvalue weighted by Crippen LogP contribution is 2.28. The topological polar surface area (TPSA) is 165 Å². The fourth-order valence-corrected chi connectivity index (χ4v) is 2.52. The van der Waals surface area contributed by atoms with Gasteiger partial charge in [-0.15, -0.1) is 0 Å². The van der Waals surface area contributed by atoms with Crippen LogP contribution in [0.2, 0.25) is 0 Å². The van der Waals surface area contributed by atoms with E-state index in [1.54, 1.807) is 30.1 Å². The summed E-state index contributed by atoms with van der Waals surface area (Å²) in [6.45, 7) is 1.62. The van der Waals surface area contributed by atoms with Gasteiger partial charge in [-0.05, 0) is 31.2 Å². The van der Waals surface area contributed by atoms with Crippen LogP contribution < -0.4 is 11.2 Å². The highest BCUT2D eigenvalue weighted by molar-refractivity contribution is 5.71. The fourth-order valence-electron chi connectivity index (χ4n) is 2.52. The van der Waals surface area contributed by atoms with E-state index in [-0.39, 0.29) is 17.1 Å². The van der Waals surface area contributed by atoms with Crippen LogP contribution in [0.5, 0.6) is 0 Å². The van der Waals surface area contributed by atoms with Gasteiger partial charge in [-0.3, -0.25) is 30.0 Å². The molecule has 0 saturated carbocycles. The van der Waals surface area contributed by atoms with Crippen LogP contribution in [0.25, 0.3) is 23.5 Å². The van der Waals surface area contributed by atoms with Crippen molar-refractivity contribution in [2.24, 2.45) is 0 Å². The Labute approximate surface area is 155 Å². The van der Waals surface area contributed by atoms with Gasteiger partial charge in [0.25, 0.3) is 5.69 Å². The van der Waals surface area contributed by atoms with Gasteiger partial charge in [0, 0.05) is 17.2 Å². The molecule has 2 heterocycles. The molecule has 0 radical (unpaired) electrons. The molecule has 0 aliphatic heterocycles. The van der Waals surface area contributed by atoms with E-state index in [9.17, 15) is 29.8 Å². The summed E-state index contributed by atoms with van der Waals surface area (Å²) in [5.74, 6) is 0.602. The number of nitro groups is 2. The van der Waals surface area contributed by atoms with Gasteiger partial charge in [-0.25, -0.2) is 4.79 Å². The average molecular weight is 384 g/mol. The van der Waals surface area contributed by atoms with Crippen LogP contribution in [-0.2, 0) is 0 Å². The number of rotatable bonds is 5. The van der Waals surface area contributed by atoms with Gasteiger partial charge in [0.05, 0.1) is 9.85 Å². The summed E-state index contributed by atoms with van der Waals surface area (Å²) in [4.78, 5) is 47.6. The number of hydrogen-bond donors (Lipinski definition) is 2. The minimum Gasteiger partial charge on any atom is -0.457 e. The number of nitrogens with one attached hydrogen (secondary N) is 2. The maximum absolute atomic E-state index is 11.6. The van der Waals surface area contributed by atoms with E-state index in [0.29, 0.717) is 16.9 Å². The second kappa shape index (κ2) is 7.15. The molecule has 3 aromatic rings. The first-order valence-corrected chi connectivity index (χ1v) is 7.80. The zero-order chi connectivity index (χ0) is 20.4. The number of furan rings is 1. The maximum Gasteiger partial charge on any atom is 0.357 e. The van der Waals surface area contributed by atoms with Gasteiger partial charge >= 0.3 is 16.9 Å². The number of nitro benzene ring substituents is 1. The number of aryl methyl sites for hydroxylation is 1. The second-order valence-corrected chi connectivity index (χ2v) is 5.72. The van der Waals surface area contributed by atoms with Crippen LogP contribution in [0.1, 0.15) is 17.0 Å². The molecule has 28 heavy (non-hydrogen) atoms. The van der Waals surface area contributed by atoms with Crippen molar-refractivity contribution in [3.8, 4) is 11.3 Å². The molecule has 0 saturated heterocycles. The van der Waals surface area contributed by atoms with E-state index in [4.69, 9.17) is 4.42 Å². The predicted molar refractivity (Wildman–Crippen MR) is 98.8 cm³/mol. The molecule has 0 atom stereocenters. The first kappa shape index (κ1) is 18.5. The Kier molecular flexibility index (Phi) is 4.73. The van der Waals surface area contributed by atoms with E-state index in [1.807, 2.05) is 0 Å². The normalized spacial score (nSPS) is 11.0. The Bertz CT molecular complexity index is 1230. The van der Waals surface area contributed by atoms with E-state index in [0.717, 1.165) is 6.08 Å². The van der Waals surface area contributed by atoms with Gasteiger partial charge in [0.2, 0.25) is 0 Å². The molecule has 0 aliphatic carbocycles. The summed E-state index contributed by atoms with van der Waals surface area (Å²) in [5, 5.41) is 22.1. The van der Waals surface area contributed by atoms with Gasteiger partial charge in [0.1, 0.15) is 17.2 Å². The minimum absolute atomic E-state index is 0.0531. The lowest BCUT2D eigenvalue weighted by Gasteiger charge is -2.00. The van der Waals surface area contributed by atoms with Crippen molar-refractivity contribution in [1.82, 2.24) is 9.97 Å². The van der Waals surface area contributed by atoms with Crippen molar-refractivity contribution < 1.29 is 14.3 Å². The molecule has 2 N–H and O–H groups in total. The molecule has 0 spiro atoms. The monoisotopic (exact) mass is 384 g/mol. The number of H-pyrrole nitrogens is 2. The Morgan fingerprint density at radius 1 is 1.00 bits per heavy atom. The van der Waals surface area contributed by atoms with Gasteiger partial charge in [-0.1, -0.05) is 12.1 Å². The first-order chi connectivity index (χ1) is 13.3. The van der Waals surface area contributed by atoms with E-state index in [1.165, 1.54) is 18.2 Å². The molecule has 1 aromatic carbocycles. The van der Waals surface area contributed by atoms with Crippen molar-refractivity contribution in [3.05, 3.63) is 88.4 Å². The van der Waals surface area contributed by atoms with Crippen LogP contribution in [-0.4, -0.2) is 19.8 Å². The largest absolute Gasteiger partial charge is 0.457 e. The molecule has 0 fully saturated rings. The smallest absolute Gasteiger partial charge is 0.357 e. The average Bonchev–Trinajstić information content (AvgIpc) is 3.08. The van der Waals surface area contributed by atoms with Gasteiger partial charge in [-0.2, -0.15) is 0 Å². The molecule has 11 nitrogen and oxygen atoms in total. The van der Waals surface area contributed by atoms with Crippen molar-refractivity contribution in [1.29, 1.82) is 0 Å². The fraction of sp³-hybridized carbons (Fsp3) is 0.0588. The van der Waals surface area contributed by atoms with E-state index < -0.39 is 26.8 Å². The van der Waals surface area contributed by atoms with Crippen molar-refractivity contribution in [2.45, 2.75) is 6.92 Å². The third kappa shape index (κ3) is 3.62. The Morgan fingerprint density at radius 2 is 1.75 bits per heavy atom. The van der Waals surface area contributed by atoms with Crippen molar-refractivity contribution in [3.63, 3.8) is 0 Å². The molecule has 0 bridgehead atoms. The highest BCUT2D eigenvalue weighted by Gasteiger charge is 2.19. The number of aromatic amines is 2. The summed E-state index contributed by atoms with van der Waals surface area (Å²) in [6.07, 6.45) is 2.48. The van der Waals surface area contributed by atoms with Crippen molar-refractivity contribution >= 4 is 23.5 Å². The molecule has 0 amide bonds. The number of hydrogen-bond acceptors (Lipinski definition) is 7. The Hall–Kier alpha value is -4.28. The SMILES string of the molecule is Cc1ccc(-c2ccc(/C=C\c3[nH]c(=O)[nH]c(=O)c3[N+](=O)[O-])o2)cc1[N+](=O)[O-]. The number of aromatic nitrogens is 2. The predicted octanol–water partition coefficient (Wildman–Crippen LogP) is 2.62. The molecule has 2 aromatic heterocycles. The van der Waals surface area contributed by atoms with E-state index >= 15 is 0 Å². The third-order valence-electron chi connectivity index (χ3n) is 3.86. The van der Waals surface area contributed by atoms with Crippen LogP contribution in [0.4, 0.5) is 11.4 Å². The van der Waals surface area contributed by atoms with Crippen LogP contribution in [0.15, 0.2) is 44.3 Å². The van der Waals surface area contributed by atoms with E-state index in [2.05, 4.69) is 4.98 Å². The standard InChI is InChI=1S/C17H12N4O7/c1-9-2-3-10(8-13(9)20(24)25)14-7-5-11(28-14)4-6-12-15(21(26)27)16(22)19-17(23)18-12/h2-8H,1H3,(H2,18,19,22,23)/b6-4-. The summed E-state index contributed by atoms with van der Waals surface area (Å²) in [5.41, 5.74) is -2.18. The van der Waals surface area contributed by atoms with Gasteiger partial charge < -0.3 is 9.40 Å². The molecular weight excluding hydrogens is 372 g/mol. The maximum atomic E-state index is 11.6. The quantitative estimate of drug-likeness (QED) is 0.504. The second-order valence-electron chi connectivity index (χ2n) is 5.72. The summed E-state index contributed by atoms with van der Waals surface area (Å²) >= 11 is 0. The van der Waals surface area contributed by atoms with Gasteiger partial charge in [0.15, 0.2) is 0 Å². The summed E-state index contributed by atoms with van der Waals surface area (Å²) < 4.78 is 5.57.